The molecule has 0 spiro atoms. The topological polar surface area (TPSA) is 78.7 Å². The highest BCUT2D eigenvalue weighted by atomic mass is 32.2. The highest BCUT2D eigenvalue weighted by Crippen LogP contribution is 2.21. The normalized spacial score (nSPS) is 18.0. The molecular weight excluding hydrogens is 288 g/mol. The average molecular weight is 312 g/mol. The van der Waals surface area contributed by atoms with Gasteiger partial charge < -0.3 is 10.6 Å². The summed E-state index contributed by atoms with van der Waals surface area (Å²) in [5.41, 5.74) is 6.76. The van der Waals surface area contributed by atoms with Gasteiger partial charge in [0.05, 0.1) is 5.69 Å². The van der Waals surface area contributed by atoms with Crippen LogP contribution in [0.4, 0.5) is 5.69 Å². The number of rotatable bonds is 5. The molecule has 3 N–H and O–H groups in total. The smallest absolute Gasteiger partial charge is 0.242 e. The van der Waals surface area contributed by atoms with Gasteiger partial charge in [-0.1, -0.05) is 12.1 Å². The number of nitrogens with zero attached hydrogens (tertiary/aromatic N) is 2. The van der Waals surface area contributed by atoms with Crippen LogP contribution in [0.3, 0.4) is 0 Å². The zero-order valence-corrected chi connectivity index (χ0v) is 13.5. The summed E-state index contributed by atoms with van der Waals surface area (Å²) in [6.45, 7) is 6.88. The Morgan fingerprint density at radius 3 is 2.52 bits per heavy atom. The second-order valence-electron chi connectivity index (χ2n) is 5.54. The number of sulfonamides is 1. The van der Waals surface area contributed by atoms with Crippen molar-refractivity contribution in [1.29, 1.82) is 0 Å². The molecule has 0 amide bonds. The van der Waals surface area contributed by atoms with Crippen molar-refractivity contribution in [2.75, 3.05) is 52.0 Å². The molecule has 7 heteroatoms. The number of nitrogen functional groups attached to an aromatic ring is 1. The van der Waals surface area contributed by atoms with Gasteiger partial charge in [0.15, 0.2) is 0 Å². The molecule has 1 aliphatic rings. The van der Waals surface area contributed by atoms with E-state index in [0.717, 1.165) is 32.7 Å². The maximum absolute atomic E-state index is 12.3. The summed E-state index contributed by atoms with van der Waals surface area (Å²) < 4.78 is 27.4. The Hall–Kier alpha value is -1.15. The molecule has 1 aromatic rings. The van der Waals surface area contributed by atoms with E-state index < -0.39 is 10.0 Å². The Bertz CT molecular complexity index is 560. The van der Waals surface area contributed by atoms with Crippen LogP contribution in [0.15, 0.2) is 23.1 Å². The fourth-order valence-corrected chi connectivity index (χ4v) is 3.90. The predicted octanol–water partition coefficient (Wildman–Crippen LogP) is 0.103. The Labute approximate surface area is 127 Å². The van der Waals surface area contributed by atoms with Crippen molar-refractivity contribution in [2.45, 2.75) is 11.8 Å². The largest absolute Gasteiger partial charge is 0.398 e. The molecule has 118 valence electrons. The lowest BCUT2D eigenvalue weighted by molar-refractivity contribution is 0.156. The third kappa shape index (κ3) is 4.16. The fourth-order valence-electron chi connectivity index (χ4n) is 2.52. The van der Waals surface area contributed by atoms with Gasteiger partial charge in [0.2, 0.25) is 10.0 Å². The van der Waals surface area contributed by atoms with E-state index in [-0.39, 0.29) is 4.90 Å². The fraction of sp³-hybridized carbons (Fsp3) is 0.571. The molecule has 1 saturated heterocycles. The second-order valence-corrected chi connectivity index (χ2v) is 7.24. The number of nitrogens with two attached hydrogens (primary N) is 1. The van der Waals surface area contributed by atoms with Gasteiger partial charge in [-0.3, -0.25) is 4.90 Å². The monoisotopic (exact) mass is 312 g/mol. The highest BCUT2D eigenvalue weighted by Gasteiger charge is 2.20. The van der Waals surface area contributed by atoms with E-state index in [1.54, 1.807) is 25.1 Å². The van der Waals surface area contributed by atoms with Gasteiger partial charge in [0, 0.05) is 39.3 Å². The third-order valence-electron chi connectivity index (χ3n) is 3.83. The Balaban J connectivity index is 1.93. The zero-order valence-electron chi connectivity index (χ0n) is 12.7. The summed E-state index contributed by atoms with van der Waals surface area (Å²) in [5, 5.41) is 0. The SMILES string of the molecule is Cc1cccc(N)c1S(=O)(=O)NCCN1CCN(C)CC1. The molecule has 1 fully saturated rings. The van der Waals surface area contributed by atoms with Crippen LogP contribution in [-0.2, 0) is 10.0 Å². The molecular formula is C14H24N4O2S. The minimum Gasteiger partial charge on any atom is -0.398 e. The Kier molecular flexibility index (Phi) is 5.21. The van der Waals surface area contributed by atoms with E-state index >= 15 is 0 Å². The van der Waals surface area contributed by atoms with Crippen LogP contribution in [-0.4, -0.2) is 64.5 Å². The van der Waals surface area contributed by atoms with Crippen LogP contribution in [0.2, 0.25) is 0 Å². The van der Waals surface area contributed by atoms with E-state index in [1.165, 1.54) is 0 Å². The Morgan fingerprint density at radius 2 is 1.90 bits per heavy atom. The predicted molar refractivity (Wildman–Crippen MR) is 84.7 cm³/mol. The lowest BCUT2D eigenvalue weighted by Crippen LogP contribution is -2.46. The van der Waals surface area contributed by atoms with E-state index in [2.05, 4.69) is 21.6 Å². The lowest BCUT2D eigenvalue weighted by atomic mass is 10.2. The van der Waals surface area contributed by atoms with Gasteiger partial charge in [-0.25, -0.2) is 13.1 Å². The van der Waals surface area contributed by atoms with Crippen molar-refractivity contribution < 1.29 is 8.42 Å². The molecule has 0 unspecified atom stereocenters. The number of aryl methyl sites for hydroxylation is 1. The van der Waals surface area contributed by atoms with Gasteiger partial charge >= 0.3 is 0 Å². The van der Waals surface area contributed by atoms with Crippen molar-refractivity contribution in [3.8, 4) is 0 Å². The molecule has 6 nitrogen and oxygen atoms in total. The van der Waals surface area contributed by atoms with Crippen molar-refractivity contribution >= 4 is 15.7 Å². The molecule has 0 aromatic heterocycles. The second kappa shape index (κ2) is 6.74. The van der Waals surface area contributed by atoms with E-state index in [9.17, 15) is 8.42 Å². The van der Waals surface area contributed by atoms with Gasteiger partial charge in [0.1, 0.15) is 4.90 Å². The highest BCUT2D eigenvalue weighted by molar-refractivity contribution is 7.89. The maximum atomic E-state index is 12.3. The maximum Gasteiger partial charge on any atom is 0.242 e. The van der Waals surface area contributed by atoms with E-state index in [4.69, 9.17) is 5.73 Å². The summed E-state index contributed by atoms with van der Waals surface area (Å²) in [4.78, 5) is 4.74. The molecule has 2 rings (SSSR count). The number of likely N-dealkylation sites (N-methyl/N-ethyl adjacent to an activating group) is 1. The standard InChI is InChI=1S/C14H24N4O2S/c1-12-4-3-5-13(15)14(12)21(19,20)16-6-7-18-10-8-17(2)9-11-18/h3-5,16H,6-11,15H2,1-2H3. The van der Waals surface area contributed by atoms with Crippen molar-refractivity contribution in [1.82, 2.24) is 14.5 Å². The molecule has 21 heavy (non-hydrogen) atoms. The van der Waals surface area contributed by atoms with Crippen LogP contribution in [0.5, 0.6) is 0 Å². The number of anilines is 1. The van der Waals surface area contributed by atoms with Crippen molar-refractivity contribution in [3.05, 3.63) is 23.8 Å². The molecule has 1 heterocycles. The number of hydrogen-bond acceptors (Lipinski definition) is 5. The van der Waals surface area contributed by atoms with Gasteiger partial charge in [-0.05, 0) is 25.6 Å². The first-order valence-corrected chi connectivity index (χ1v) is 8.64. The summed E-state index contributed by atoms with van der Waals surface area (Å²) in [5.74, 6) is 0. The van der Waals surface area contributed by atoms with Crippen LogP contribution < -0.4 is 10.5 Å². The van der Waals surface area contributed by atoms with Crippen LogP contribution in [0.25, 0.3) is 0 Å². The first kappa shape index (κ1) is 16.2. The summed E-state index contributed by atoms with van der Waals surface area (Å²) in [6, 6.07) is 5.13. The molecule has 1 aliphatic heterocycles. The van der Waals surface area contributed by atoms with Gasteiger partial charge in [0.25, 0.3) is 0 Å². The van der Waals surface area contributed by atoms with Crippen LogP contribution in [0.1, 0.15) is 5.56 Å². The molecule has 0 aliphatic carbocycles. The van der Waals surface area contributed by atoms with Crippen LogP contribution >= 0.6 is 0 Å². The summed E-state index contributed by atoms with van der Waals surface area (Å²) in [7, 11) is -1.45. The number of benzene rings is 1. The van der Waals surface area contributed by atoms with Crippen molar-refractivity contribution in [3.63, 3.8) is 0 Å². The molecule has 0 bridgehead atoms. The number of piperazine rings is 1. The molecule has 0 saturated carbocycles. The van der Waals surface area contributed by atoms with Gasteiger partial charge in [-0.2, -0.15) is 0 Å². The minimum atomic E-state index is -3.55. The number of hydrogen-bond donors (Lipinski definition) is 2. The quantitative estimate of drug-likeness (QED) is 0.754. The minimum absolute atomic E-state index is 0.198. The summed E-state index contributed by atoms with van der Waals surface area (Å²) in [6.07, 6.45) is 0. The van der Waals surface area contributed by atoms with Gasteiger partial charge in [-0.15, -0.1) is 0 Å². The average Bonchev–Trinajstić information content (AvgIpc) is 2.40. The van der Waals surface area contributed by atoms with Crippen LogP contribution in [0, 0.1) is 6.92 Å². The summed E-state index contributed by atoms with van der Waals surface area (Å²) >= 11 is 0. The number of nitrogens with one attached hydrogen (secondary N) is 1. The van der Waals surface area contributed by atoms with E-state index in [0.29, 0.717) is 17.8 Å². The molecule has 0 atom stereocenters. The first-order valence-electron chi connectivity index (χ1n) is 7.16. The molecule has 0 radical (unpaired) electrons. The van der Waals surface area contributed by atoms with Crippen molar-refractivity contribution in [2.24, 2.45) is 0 Å². The van der Waals surface area contributed by atoms with E-state index in [1.807, 2.05) is 0 Å². The zero-order chi connectivity index (χ0) is 15.5. The first-order chi connectivity index (χ1) is 9.90. The third-order valence-corrected chi connectivity index (χ3v) is 5.51. The Morgan fingerprint density at radius 1 is 1.24 bits per heavy atom. The lowest BCUT2D eigenvalue weighted by Gasteiger charge is -2.32. The molecule has 1 aromatic carbocycles.